The summed E-state index contributed by atoms with van der Waals surface area (Å²) in [6, 6.07) is 4.18. The molecule has 1 saturated carbocycles. The molecular formula is C14H21BrN2. The maximum atomic E-state index is 6.33. The first-order valence-corrected chi connectivity index (χ1v) is 7.37. The Balaban J connectivity index is 1.96. The molecule has 1 heterocycles. The first kappa shape index (κ1) is 13.0. The van der Waals surface area contributed by atoms with Gasteiger partial charge in [-0.05, 0) is 52.7 Å². The van der Waals surface area contributed by atoms with Crippen molar-refractivity contribution in [3.05, 3.63) is 28.5 Å². The Morgan fingerprint density at radius 1 is 1.35 bits per heavy atom. The van der Waals surface area contributed by atoms with Crippen molar-refractivity contribution >= 4 is 15.9 Å². The topological polar surface area (TPSA) is 38.9 Å². The van der Waals surface area contributed by atoms with E-state index in [0.717, 1.165) is 16.1 Å². The molecule has 17 heavy (non-hydrogen) atoms. The van der Waals surface area contributed by atoms with E-state index in [4.69, 9.17) is 5.73 Å². The zero-order valence-electron chi connectivity index (χ0n) is 10.4. The highest BCUT2D eigenvalue weighted by atomic mass is 79.9. The fraction of sp³-hybridized carbons (Fsp3) is 0.643. The van der Waals surface area contributed by atoms with Crippen molar-refractivity contribution in [1.29, 1.82) is 0 Å². The van der Waals surface area contributed by atoms with Crippen LogP contribution in [0.4, 0.5) is 0 Å². The number of hydrogen-bond acceptors (Lipinski definition) is 2. The third-order valence-electron chi connectivity index (χ3n) is 4.07. The van der Waals surface area contributed by atoms with Gasteiger partial charge in [-0.1, -0.05) is 26.2 Å². The molecule has 2 N–H and O–H groups in total. The number of rotatable bonds is 3. The van der Waals surface area contributed by atoms with E-state index in [9.17, 15) is 0 Å². The van der Waals surface area contributed by atoms with Gasteiger partial charge in [0.25, 0.3) is 0 Å². The van der Waals surface area contributed by atoms with Crippen molar-refractivity contribution in [2.75, 3.05) is 0 Å². The molecule has 1 aliphatic carbocycles. The average Bonchev–Trinajstić information content (AvgIpc) is 2.39. The first-order valence-electron chi connectivity index (χ1n) is 6.57. The van der Waals surface area contributed by atoms with Gasteiger partial charge in [0.15, 0.2) is 0 Å². The van der Waals surface area contributed by atoms with Crippen LogP contribution in [0.15, 0.2) is 22.8 Å². The molecule has 1 atom stereocenters. The Morgan fingerprint density at radius 2 is 2.06 bits per heavy atom. The number of halogens is 1. The molecule has 1 unspecified atom stereocenters. The minimum atomic E-state index is 0.112. The highest BCUT2D eigenvalue weighted by Gasteiger charge is 2.26. The lowest BCUT2D eigenvalue weighted by molar-refractivity contribution is 0.238. The zero-order valence-corrected chi connectivity index (χ0v) is 12.0. The van der Waals surface area contributed by atoms with Gasteiger partial charge < -0.3 is 5.73 Å². The van der Waals surface area contributed by atoms with E-state index in [1.165, 1.54) is 32.1 Å². The molecule has 0 amide bonds. The molecular weight excluding hydrogens is 276 g/mol. The van der Waals surface area contributed by atoms with E-state index >= 15 is 0 Å². The van der Waals surface area contributed by atoms with Gasteiger partial charge in [-0.3, -0.25) is 4.98 Å². The fourth-order valence-corrected chi connectivity index (χ4v) is 3.02. The van der Waals surface area contributed by atoms with Crippen LogP contribution in [0.1, 0.15) is 50.8 Å². The Labute approximate surface area is 112 Å². The van der Waals surface area contributed by atoms with Gasteiger partial charge in [0.2, 0.25) is 0 Å². The molecule has 1 aromatic rings. The lowest BCUT2D eigenvalue weighted by atomic mass is 9.77. The molecule has 3 heteroatoms. The summed E-state index contributed by atoms with van der Waals surface area (Å²) in [5.41, 5.74) is 7.36. The van der Waals surface area contributed by atoms with Crippen LogP contribution in [0.2, 0.25) is 0 Å². The maximum absolute atomic E-state index is 6.33. The van der Waals surface area contributed by atoms with Crippen molar-refractivity contribution in [3.63, 3.8) is 0 Å². The summed E-state index contributed by atoms with van der Waals surface area (Å²) in [4.78, 5) is 4.42. The van der Waals surface area contributed by atoms with E-state index in [1.54, 1.807) is 0 Å². The van der Waals surface area contributed by atoms with Gasteiger partial charge in [-0.15, -0.1) is 0 Å². The summed E-state index contributed by atoms with van der Waals surface area (Å²) < 4.78 is 1.02. The van der Waals surface area contributed by atoms with Crippen molar-refractivity contribution in [3.8, 4) is 0 Å². The minimum Gasteiger partial charge on any atom is -0.322 e. The number of nitrogens with zero attached hydrogens (tertiary/aromatic N) is 1. The molecule has 1 fully saturated rings. The Hall–Kier alpha value is -0.410. The summed E-state index contributed by atoms with van der Waals surface area (Å²) in [5, 5.41) is 0. The van der Waals surface area contributed by atoms with Gasteiger partial charge in [-0.25, -0.2) is 0 Å². The van der Waals surface area contributed by atoms with E-state index in [-0.39, 0.29) is 6.04 Å². The Bertz CT molecular complexity index is 342. The predicted octanol–water partition coefficient (Wildman–Crippen LogP) is 4.06. The van der Waals surface area contributed by atoms with Crippen LogP contribution in [0.5, 0.6) is 0 Å². The first-order chi connectivity index (χ1) is 8.20. The van der Waals surface area contributed by atoms with Crippen LogP contribution >= 0.6 is 15.9 Å². The second-order valence-electron chi connectivity index (χ2n) is 5.12. The molecule has 0 bridgehead atoms. The van der Waals surface area contributed by atoms with Crippen LogP contribution in [0.3, 0.4) is 0 Å². The molecule has 0 saturated heterocycles. The van der Waals surface area contributed by atoms with Crippen molar-refractivity contribution in [2.45, 2.75) is 45.1 Å². The van der Waals surface area contributed by atoms with Crippen LogP contribution in [0, 0.1) is 11.8 Å². The molecule has 0 aromatic carbocycles. The van der Waals surface area contributed by atoms with E-state index in [0.29, 0.717) is 5.92 Å². The minimum absolute atomic E-state index is 0.112. The normalized spacial score (nSPS) is 26.8. The average molecular weight is 297 g/mol. The maximum Gasteiger partial charge on any atom is 0.0574 e. The highest BCUT2D eigenvalue weighted by molar-refractivity contribution is 9.10. The predicted molar refractivity (Wildman–Crippen MR) is 74.6 cm³/mol. The van der Waals surface area contributed by atoms with E-state index in [2.05, 4.69) is 27.8 Å². The van der Waals surface area contributed by atoms with Crippen LogP contribution in [0.25, 0.3) is 0 Å². The third kappa shape index (κ3) is 3.29. The highest BCUT2D eigenvalue weighted by Crippen LogP contribution is 2.36. The second kappa shape index (κ2) is 5.96. The van der Waals surface area contributed by atoms with Gasteiger partial charge in [0.1, 0.15) is 0 Å². The Kier molecular flexibility index (Phi) is 4.57. The number of hydrogen-bond donors (Lipinski definition) is 1. The van der Waals surface area contributed by atoms with E-state index in [1.807, 2.05) is 18.3 Å². The standard InChI is InChI=1S/C14H21BrN2/c1-2-10-3-5-11(6-4-10)14(16)13-8-7-12(15)9-17-13/h7-11,14H,2-6,16H2,1H3. The lowest BCUT2D eigenvalue weighted by Crippen LogP contribution is -2.26. The smallest absolute Gasteiger partial charge is 0.0574 e. The third-order valence-corrected chi connectivity index (χ3v) is 4.54. The molecule has 2 rings (SSSR count). The van der Waals surface area contributed by atoms with Gasteiger partial charge in [-0.2, -0.15) is 0 Å². The molecule has 94 valence electrons. The van der Waals surface area contributed by atoms with Gasteiger partial charge >= 0.3 is 0 Å². The summed E-state index contributed by atoms with van der Waals surface area (Å²) >= 11 is 3.40. The van der Waals surface area contributed by atoms with E-state index < -0.39 is 0 Å². The monoisotopic (exact) mass is 296 g/mol. The second-order valence-corrected chi connectivity index (χ2v) is 6.03. The summed E-state index contributed by atoms with van der Waals surface area (Å²) in [6.45, 7) is 2.29. The van der Waals surface area contributed by atoms with Crippen LogP contribution in [-0.2, 0) is 0 Å². The lowest BCUT2D eigenvalue weighted by Gasteiger charge is -2.31. The quantitative estimate of drug-likeness (QED) is 0.913. The molecule has 2 nitrogen and oxygen atoms in total. The van der Waals surface area contributed by atoms with Crippen molar-refractivity contribution in [2.24, 2.45) is 17.6 Å². The zero-order chi connectivity index (χ0) is 12.3. The van der Waals surface area contributed by atoms with Crippen molar-refractivity contribution < 1.29 is 0 Å². The number of nitrogens with two attached hydrogens (primary N) is 1. The SMILES string of the molecule is CCC1CCC(C(N)c2ccc(Br)cn2)CC1. The largest absolute Gasteiger partial charge is 0.322 e. The molecule has 0 aliphatic heterocycles. The van der Waals surface area contributed by atoms with Crippen molar-refractivity contribution in [1.82, 2.24) is 4.98 Å². The Morgan fingerprint density at radius 3 is 2.59 bits per heavy atom. The molecule has 1 aliphatic rings. The fourth-order valence-electron chi connectivity index (χ4n) is 2.78. The number of pyridine rings is 1. The summed E-state index contributed by atoms with van der Waals surface area (Å²) in [7, 11) is 0. The number of aromatic nitrogens is 1. The van der Waals surface area contributed by atoms with Gasteiger partial charge in [0.05, 0.1) is 5.69 Å². The van der Waals surface area contributed by atoms with Gasteiger partial charge in [0, 0.05) is 16.7 Å². The summed E-state index contributed by atoms with van der Waals surface area (Å²) in [6.07, 6.45) is 8.36. The van der Waals surface area contributed by atoms with Crippen LogP contribution in [-0.4, -0.2) is 4.98 Å². The molecule has 0 spiro atoms. The summed E-state index contributed by atoms with van der Waals surface area (Å²) in [5.74, 6) is 1.54. The molecule has 0 radical (unpaired) electrons. The molecule has 1 aromatic heterocycles. The van der Waals surface area contributed by atoms with Crippen LogP contribution < -0.4 is 5.73 Å².